The molecular weight excluding hydrogens is 296 g/mol. The van der Waals surface area contributed by atoms with Crippen LogP contribution in [-0.2, 0) is 15.4 Å². The molecule has 3 rings (SSSR count). The van der Waals surface area contributed by atoms with Crippen molar-refractivity contribution < 1.29 is 8.42 Å². The molecule has 22 heavy (non-hydrogen) atoms. The maximum absolute atomic E-state index is 12.3. The summed E-state index contributed by atoms with van der Waals surface area (Å²) in [6.45, 7) is 6.30. The molecule has 0 aliphatic heterocycles. The SMILES string of the molecule is CC(C)(C)c1ccc(S(=O)(=O)N/N=C2\C[C@@H]3C=CC[C@@H]23)cc1. The molecule has 0 heterocycles. The summed E-state index contributed by atoms with van der Waals surface area (Å²) in [6, 6.07) is 7.01. The quantitative estimate of drug-likeness (QED) is 0.687. The van der Waals surface area contributed by atoms with Crippen LogP contribution >= 0.6 is 0 Å². The molecule has 0 bridgehead atoms. The Bertz CT molecular complexity index is 725. The molecule has 1 aromatic carbocycles. The van der Waals surface area contributed by atoms with Crippen LogP contribution in [0.15, 0.2) is 46.4 Å². The van der Waals surface area contributed by atoms with Crippen LogP contribution in [0, 0.1) is 11.8 Å². The minimum Gasteiger partial charge on any atom is -0.200 e. The van der Waals surface area contributed by atoms with Gasteiger partial charge in [0.05, 0.1) is 4.90 Å². The maximum Gasteiger partial charge on any atom is 0.276 e. The zero-order valence-electron chi connectivity index (χ0n) is 13.2. The molecule has 2 aliphatic rings. The van der Waals surface area contributed by atoms with Crippen LogP contribution in [0.3, 0.4) is 0 Å². The second-order valence-corrected chi connectivity index (χ2v) is 8.77. The Morgan fingerprint density at radius 3 is 2.45 bits per heavy atom. The van der Waals surface area contributed by atoms with Crippen LogP contribution in [-0.4, -0.2) is 14.1 Å². The number of fused-ring (bicyclic) bond motifs is 1. The molecule has 0 unspecified atom stereocenters. The molecule has 2 aliphatic carbocycles. The molecule has 0 amide bonds. The third-order valence-electron chi connectivity index (χ3n) is 4.50. The fourth-order valence-electron chi connectivity index (χ4n) is 2.97. The van der Waals surface area contributed by atoms with Crippen molar-refractivity contribution in [3.63, 3.8) is 0 Å². The van der Waals surface area contributed by atoms with Crippen LogP contribution in [0.4, 0.5) is 0 Å². The first-order valence-electron chi connectivity index (χ1n) is 7.63. The molecule has 0 saturated heterocycles. The van der Waals surface area contributed by atoms with Gasteiger partial charge in [-0.1, -0.05) is 45.1 Å². The topological polar surface area (TPSA) is 58.5 Å². The van der Waals surface area contributed by atoms with Gasteiger partial charge in [0.2, 0.25) is 0 Å². The highest BCUT2D eigenvalue weighted by Crippen LogP contribution is 2.40. The van der Waals surface area contributed by atoms with Crippen LogP contribution in [0.2, 0.25) is 0 Å². The van der Waals surface area contributed by atoms with Crippen molar-refractivity contribution in [2.45, 2.75) is 43.9 Å². The normalized spacial score (nSPS) is 25.9. The summed E-state index contributed by atoms with van der Waals surface area (Å²) in [5, 5.41) is 4.13. The van der Waals surface area contributed by atoms with Crippen LogP contribution in [0.25, 0.3) is 0 Å². The Balaban J connectivity index is 1.72. The summed E-state index contributed by atoms with van der Waals surface area (Å²) in [4.78, 5) is 2.64. The van der Waals surface area contributed by atoms with E-state index in [2.05, 4.69) is 42.9 Å². The summed E-state index contributed by atoms with van der Waals surface area (Å²) in [5.74, 6) is 0.972. The van der Waals surface area contributed by atoms with Gasteiger partial charge in [-0.2, -0.15) is 13.5 Å². The molecule has 0 spiro atoms. The van der Waals surface area contributed by atoms with Gasteiger partial charge < -0.3 is 0 Å². The number of hydrogen-bond acceptors (Lipinski definition) is 3. The number of hydrazone groups is 1. The van der Waals surface area contributed by atoms with Gasteiger partial charge in [-0.25, -0.2) is 4.83 Å². The lowest BCUT2D eigenvalue weighted by molar-refractivity contribution is 0.463. The van der Waals surface area contributed by atoms with Gasteiger partial charge >= 0.3 is 0 Å². The number of benzene rings is 1. The average molecular weight is 318 g/mol. The van der Waals surface area contributed by atoms with E-state index in [0.29, 0.717) is 11.8 Å². The number of hydrogen-bond donors (Lipinski definition) is 1. The molecule has 5 heteroatoms. The van der Waals surface area contributed by atoms with E-state index < -0.39 is 10.0 Å². The third kappa shape index (κ3) is 2.82. The van der Waals surface area contributed by atoms with Gasteiger partial charge in [-0.15, -0.1) is 0 Å². The lowest BCUT2D eigenvalue weighted by atomic mass is 9.74. The van der Waals surface area contributed by atoms with E-state index in [1.54, 1.807) is 12.1 Å². The Kier molecular flexibility index (Phi) is 3.63. The van der Waals surface area contributed by atoms with Gasteiger partial charge in [-0.05, 0) is 41.9 Å². The molecule has 1 saturated carbocycles. The van der Waals surface area contributed by atoms with Crippen molar-refractivity contribution in [1.82, 2.24) is 4.83 Å². The molecule has 118 valence electrons. The largest absolute Gasteiger partial charge is 0.276 e. The minimum absolute atomic E-state index is 0.00631. The summed E-state index contributed by atoms with van der Waals surface area (Å²) in [6.07, 6.45) is 6.19. The highest BCUT2D eigenvalue weighted by molar-refractivity contribution is 7.89. The number of sulfonamides is 1. The Morgan fingerprint density at radius 2 is 1.86 bits per heavy atom. The average Bonchev–Trinajstić information content (AvgIpc) is 2.79. The highest BCUT2D eigenvalue weighted by Gasteiger charge is 2.38. The van der Waals surface area contributed by atoms with Crippen molar-refractivity contribution in [3.8, 4) is 0 Å². The summed E-state index contributed by atoms with van der Waals surface area (Å²) < 4.78 is 24.6. The summed E-state index contributed by atoms with van der Waals surface area (Å²) >= 11 is 0. The van der Waals surface area contributed by atoms with Crippen LogP contribution < -0.4 is 4.83 Å². The van der Waals surface area contributed by atoms with E-state index in [1.807, 2.05) is 12.1 Å². The first kappa shape index (κ1) is 15.3. The molecule has 1 aromatic rings. The molecule has 1 N–H and O–H groups in total. The van der Waals surface area contributed by atoms with Gasteiger partial charge in [0.1, 0.15) is 0 Å². The van der Waals surface area contributed by atoms with Gasteiger partial charge in [-0.3, -0.25) is 0 Å². The Hall–Kier alpha value is -1.62. The summed E-state index contributed by atoms with van der Waals surface area (Å²) in [5.41, 5.74) is 2.08. The van der Waals surface area contributed by atoms with Gasteiger partial charge in [0.15, 0.2) is 0 Å². The Morgan fingerprint density at radius 1 is 1.18 bits per heavy atom. The smallest absolute Gasteiger partial charge is 0.200 e. The summed E-state index contributed by atoms with van der Waals surface area (Å²) in [7, 11) is -3.58. The maximum atomic E-state index is 12.3. The zero-order valence-corrected chi connectivity index (χ0v) is 14.0. The van der Waals surface area contributed by atoms with E-state index in [4.69, 9.17) is 0 Å². The minimum atomic E-state index is -3.58. The monoisotopic (exact) mass is 318 g/mol. The fourth-order valence-corrected chi connectivity index (χ4v) is 3.81. The van der Waals surface area contributed by atoms with Crippen molar-refractivity contribution in [1.29, 1.82) is 0 Å². The van der Waals surface area contributed by atoms with Crippen molar-refractivity contribution >= 4 is 15.7 Å². The van der Waals surface area contributed by atoms with E-state index in [1.165, 1.54) is 0 Å². The van der Waals surface area contributed by atoms with Crippen molar-refractivity contribution in [2.24, 2.45) is 16.9 Å². The van der Waals surface area contributed by atoms with E-state index in [0.717, 1.165) is 24.1 Å². The molecule has 0 radical (unpaired) electrons. The van der Waals surface area contributed by atoms with Gasteiger partial charge in [0, 0.05) is 11.6 Å². The zero-order chi connectivity index (χ0) is 16.0. The standard InChI is InChI=1S/C17H22N2O2S/c1-17(2,3)13-7-9-14(10-8-13)22(20,21)19-18-16-11-12-5-4-6-15(12)16/h4-5,7-10,12,15,19H,6,11H2,1-3H3/b18-16+/t12-,15+/m0/s1. The molecular formula is C17H22N2O2S. The first-order chi connectivity index (χ1) is 10.3. The van der Waals surface area contributed by atoms with Crippen LogP contribution in [0.1, 0.15) is 39.2 Å². The number of nitrogens with one attached hydrogen (secondary N) is 1. The fraction of sp³-hybridized carbons (Fsp3) is 0.471. The van der Waals surface area contributed by atoms with E-state index >= 15 is 0 Å². The number of rotatable bonds is 3. The molecule has 0 aromatic heterocycles. The molecule has 2 atom stereocenters. The van der Waals surface area contributed by atoms with Crippen molar-refractivity contribution in [2.75, 3.05) is 0 Å². The second-order valence-electron chi connectivity index (χ2n) is 7.11. The number of nitrogens with zero attached hydrogens (tertiary/aromatic N) is 1. The molecule has 1 fully saturated rings. The Labute approximate surface area is 132 Å². The lowest BCUT2D eigenvalue weighted by Gasteiger charge is -2.31. The van der Waals surface area contributed by atoms with E-state index in [9.17, 15) is 8.42 Å². The second kappa shape index (κ2) is 5.23. The number of allylic oxidation sites excluding steroid dienone is 2. The van der Waals surface area contributed by atoms with Crippen LogP contribution in [0.5, 0.6) is 0 Å². The molecule has 4 nitrogen and oxygen atoms in total. The lowest BCUT2D eigenvalue weighted by Crippen LogP contribution is -2.35. The first-order valence-corrected chi connectivity index (χ1v) is 9.11. The highest BCUT2D eigenvalue weighted by atomic mass is 32.2. The van der Waals surface area contributed by atoms with E-state index in [-0.39, 0.29) is 10.3 Å². The third-order valence-corrected chi connectivity index (χ3v) is 5.73. The van der Waals surface area contributed by atoms with Crippen molar-refractivity contribution in [3.05, 3.63) is 42.0 Å². The predicted molar refractivity (Wildman–Crippen MR) is 88.3 cm³/mol. The predicted octanol–water partition coefficient (Wildman–Crippen LogP) is 3.21. The van der Waals surface area contributed by atoms with Gasteiger partial charge in [0.25, 0.3) is 10.0 Å².